The second-order valence-electron chi connectivity index (χ2n) is 10.1. The molecule has 0 bridgehead atoms. The Morgan fingerprint density at radius 3 is 2.95 bits per heavy atom. The molecule has 4 aromatic rings. The van der Waals surface area contributed by atoms with E-state index in [1.807, 2.05) is 17.0 Å². The number of aromatic nitrogens is 4. The van der Waals surface area contributed by atoms with Crippen molar-refractivity contribution in [2.75, 3.05) is 44.7 Å². The number of likely N-dealkylation sites (tertiary alicyclic amines) is 1. The summed E-state index contributed by atoms with van der Waals surface area (Å²) < 4.78 is 22.5. The number of nitrogens with one attached hydrogen (secondary N) is 1. The molecule has 0 aliphatic carbocycles. The Kier molecular flexibility index (Phi) is 7.12. The molecule has 5 heterocycles. The summed E-state index contributed by atoms with van der Waals surface area (Å²) in [5.74, 6) is -0.0387. The zero-order chi connectivity index (χ0) is 26.9. The predicted molar refractivity (Wildman–Crippen MR) is 148 cm³/mol. The Bertz CT molecular complexity index is 1570. The van der Waals surface area contributed by atoms with Crippen molar-refractivity contribution in [3.8, 4) is 23.3 Å². The number of hydrogen-bond donors (Lipinski definition) is 1. The van der Waals surface area contributed by atoms with Gasteiger partial charge in [0.1, 0.15) is 23.6 Å². The lowest BCUT2D eigenvalue weighted by Crippen LogP contribution is -2.51. The number of anilines is 1. The number of hydrogen-bond acceptors (Lipinski definition) is 9. The third-order valence-corrected chi connectivity index (χ3v) is 7.92. The topological polar surface area (TPSA) is 103 Å². The Labute approximate surface area is 230 Å². The molecular weight excluding hydrogens is 519 g/mol. The second kappa shape index (κ2) is 10.8. The molecule has 2 saturated heterocycles. The number of nitriles is 1. The predicted octanol–water partition coefficient (Wildman–Crippen LogP) is 4.20. The zero-order valence-corrected chi connectivity index (χ0v) is 22.3. The molecule has 0 saturated carbocycles. The number of pyridine rings is 2. The number of ether oxygens (including phenoxy) is 1. The van der Waals surface area contributed by atoms with Gasteiger partial charge in [-0.15, -0.1) is 0 Å². The maximum Gasteiger partial charge on any atom is 0.319 e. The highest BCUT2D eigenvalue weighted by atomic mass is 35.5. The summed E-state index contributed by atoms with van der Waals surface area (Å²) in [6.45, 7) is 3.31. The van der Waals surface area contributed by atoms with Crippen molar-refractivity contribution in [2.45, 2.75) is 31.3 Å². The van der Waals surface area contributed by atoms with Crippen LogP contribution in [-0.4, -0.2) is 76.8 Å². The van der Waals surface area contributed by atoms with E-state index in [9.17, 15) is 5.26 Å². The summed E-state index contributed by atoms with van der Waals surface area (Å²) in [5, 5.41) is 15.0. The highest BCUT2D eigenvalue weighted by molar-refractivity contribution is 6.36. The molecule has 39 heavy (non-hydrogen) atoms. The first kappa shape index (κ1) is 25.6. The van der Waals surface area contributed by atoms with Crippen molar-refractivity contribution in [2.24, 2.45) is 0 Å². The first-order valence-corrected chi connectivity index (χ1v) is 13.5. The van der Waals surface area contributed by atoms with Crippen LogP contribution in [0, 0.1) is 17.1 Å². The van der Waals surface area contributed by atoms with Gasteiger partial charge in [-0.2, -0.15) is 15.2 Å². The van der Waals surface area contributed by atoms with Gasteiger partial charge in [0.25, 0.3) is 0 Å². The fraction of sp³-hybridized carbons (Fsp3) is 0.393. The highest BCUT2D eigenvalue weighted by Gasteiger charge is 2.27. The number of halogens is 2. The molecule has 0 unspecified atom stereocenters. The summed E-state index contributed by atoms with van der Waals surface area (Å²) >= 11 is 6.53. The molecule has 200 valence electrons. The van der Waals surface area contributed by atoms with E-state index in [1.54, 1.807) is 24.7 Å². The van der Waals surface area contributed by atoms with Crippen LogP contribution in [0.25, 0.3) is 32.9 Å². The summed E-state index contributed by atoms with van der Waals surface area (Å²) in [4.78, 5) is 22.4. The summed E-state index contributed by atoms with van der Waals surface area (Å²) in [5.41, 5.74) is 0.727. The normalized spacial score (nSPS) is 20.0. The van der Waals surface area contributed by atoms with Crippen molar-refractivity contribution in [3.05, 3.63) is 47.6 Å². The molecule has 1 N–H and O–H groups in total. The quantitative estimate of drug-likeness (QED) is 0.381. The number of fused-ring (bicyclic) bond motifs is 2. The van der Waals surface area contributed by atoms with Crippen LogP contribution < -0.4 is 15.0 Å². The van der Waals surface area contributed by atoms with Gasteiger partial charge in [0.2, 0.25) is 0 Å². The van der Waals surface area contributed by atoms with Gasteiger partial charge in [-0.25, -0.2) is 4.39 Å². The fourth-order valence-electron chi connectivity index (χ4n) is 5.51. The maximum atomic E-state index is 16.4. The van der Waals surface area contributed by atoms with Gasteiger partial charge in [0, 0.05) is 71.7 Å². The largest absolute Gasteiger partial charge is 0.462 e. The van der Waals surface area contributed by atoms with Crippen LogP contribution in [-0.2, 0) is 0 Å². The molecule has 3 aromatic heterocycles. The smallest absolute Gasteiger partial charge is 0.319 e. The van der Waals surface area contributed by atoms with Crippen LogP contribution in [0.1, 0.15) is 19.3 Å². The van der Waals surface area contributed by atoms with E-state index in [0.29, 0.717) is 59.8 Å². The minimum absolute atomic E-state index is 0.0220. The van der Waals surface area contributed by atoms with Crippen molar-refractivity contribution in [1.82, 2.24) is 30.2 Å². The van der Waals surface area contributed by atoms with Gasteiger partial charge in [-0.3, -0.25) is 9.97 Å². The molecule has 9 nitrogen and oxygen atoms in total. The summed E-state index contributed by atoms with van der Waals surface area (Å²) in [7, 11) is 2.07. The second-order valence-corrected chi connectivity index (χ2v) is 10.5. The molecule has 2 atom stereocenters. The highest BCUT2D eigenvalue weighted by Crippen LogP contribution is 2.37. The molecular formula is C28H28ClFN8O. The lowest BCUT2D eigenvalue weighted by Gasteiger charge is -2.34. The number of nitrogens with zero attached hydrogens (tertiary/aromatic N) is 7. The molecule has 11 heteroatoms. The number of likely N-dealkylation sites (N-methyl/N-ethyl adjacent to an activating group) is 1. The van der Waals surface area contributed by atoms with Crippen LogP contribution in [0.15, 0.2) is 36.8 Å². The first-order chi connectivity index (χ1) is 19.0. The number of rotatable bonds is 6. The van der Waals surface area contributed by atoms with E-state index < -0.39 is 5.82 Å². The maximum absolute atomic E-state index is 16.4. The lowest BCUT2D eigenvalue weighted by molar-refractivity contribution is 0.188. The lowest BCUT2D eigenvalue weighted by atomic mass is 10.0. The standard InChI is InChI=1S/C28H28ClFN8O/c1-37-10-3-5-19(37)16-39-28-35-26-21(27(36-28)38-11-9-33-18(15-38)7-8-31)14-34-25(24(26)30)20-13-32-12-17-4-2-6-22(29)23(17)20/h2,4,6,12-14,18-19,33H,3,5,7,9-11,15-16H2,1H3/t18-,19-/m0/s1. The Balaban J connectivity index is 1.47. The third kappa shape index (κ3) is 4.93. The number of benzene rings is 1. The van der Waals surface area contributed by atoms with E-state index in [1.165, 1.54) is 0 Å². The molecule has 0 radical (unpaired) electrons. The van der Waals surface area contributed by atoms with Crippen molar-refractivity contribution < 1.29 is 9.13 Å². The van der Waals surface area contributed by atoms with E-state index in [4.69, 9.17) is 21.3 Å². The Morgan fingerprint density at radius 2 is 2.13 bits per heavy atom. The van der Waals surface area contributed by atoms with Crippen LogP contribution in [0.4, 0.5) is 10.2 Å². The van der Waals surface area contributed by atoms with E-state index >= 15 is 4.39 Å². The van der Waals surface area contributed by atoms with Gasteiger partial charge >= 0.3 is 6.01 Å². The average molecular weight is 547 g/mol. The van der Waals surface area contributed by atoms with Gasteiger partial charge in [0.15, 0.2) is 5.82 Å². The Morgan fingerprint density at radius 1 is 1.23 bits per heavy atom. The van der Waals surface area contributed by atoms with Gasteiger partial charge in [-0.05, 0) is 32.5 Å². The van der Waals surface area contributed by atoms with Crippen LogP contribution in [0.5, 0.6) is 6.01 Å². The molecule has 6 rings (SSSR count). The van der Waals surface area contributed by atoms with Crippen LogP contribution in [0.3, 0.4) is 0 Å². The monoisotopic (exact) mass is 546 g/mol. The van der Waals surface area contributed by atoms with Crippen LogP contribution in [0.2, 0.25) is 5.02 Å². The summed E-state index contributed by atoms with van der Waals surface area (Å²) in [6, 6.07) is 8.06. The van der Waals surface area contributed by atoms with Gasteiger partial charge in [-0.1, -0.05) is 23.7 Å². The van der Waals surface area contributed by atoms with E-state index in [0.717, 1.165) is 24.8 Å². The minimum atomic E-state index is -0.586. The van der Waals surface area contributed by atoms with Gasteiger partial charge < -0.3 is 19.9 Å². The molecule has 2 fully saturated rings. The first-order valence-electron chi connectivity index (χ1n) is 13.1. The summed E-state index contributed by atoms with van der Waals surface area (Å²) in [6.07, 6.45) is 7.38. The molecule has 2 aliphatic rings. The van der Waals surface area contributed by atoms with Crippen molar-refractivity contribution in [1.29, 1.82) is 5.26 Å². The van der Waals surface area contributed by atoms with Gasteiger partial charge in [0.05, 0.1) is 17.9 Å². The molecule has 1 aromatic carbocycles. The fourth-order valence-corrected chi connectivity index (χ4v) is 5.79. The van der Waals surface area contributed by atoms with E-state index in [2.05, 4.69) is 38.3 Å². The van der Waals surface area contributed by atoms with Crippen molar-refractivity contribution >= 4 is 39.1 Å². The molecule has 0 spiro atoms. The molecule has 2 aliphatic heterocycles. The molecule has 0 amide bonds. The Hall–Kier alpha value is -3.65. The number of piperazine rings is 1. The average Bonchev–Trinajstić information content (AvgIpc) is 3.36. The zero-order valence-electron chi connectivity index (χ0n) is 21.6. The van der Waals surface area contributed by atoms with E-state index in [-0.39, 0.29) is 29.3 Å². The van der Waals surface area contributed by atoms with Crippen molar-refractivity contribution in [3.63, 3.8) is 0 Å². The van der Waals surface area contributed by atoms with Crippen LogP contribution >= 0.6 is 11.6 Å². The SMILES string of the molecule is CN1CCC[C@H]1COc1nc(N2CCN[C@@H](CC#N)C2)c2cnc(-c3cncc4cccc(Cl)c34)c(F)c2n1. The minimum Gasteiger partial charge on any atom is -0.462 e. The third-order valence-electron chi connectivity index (χ3n) is 7.60.